The van der Waals surface area contributed by atoms with Gasteiger partial charge in [-0.1, -0.05) is 23.7 Å². The van der Waals surface area contributed by atoms with Crippen LogP contribution in [-0.4, -0.2) is 24.5 Å². The Morgan fingerprint density at radius 2 is 1.84 bits per heavy atom. The van der Waals surface area contributed by atoms with Crippen LogP contribution in [-0.2, 0) is 11.3 Å². The first-order chi connectivity index (χ1) is 9.13. The van der Waals surface area contributed by atoms with Crippen LogP contribution in [0.3, 0.4) is 0 Å². The number of carbonyl (C=O) groups excluding carboxylic acids is 2. The van der Waals surface area contributed by atoms with Crippen molar-refractivity contribution in [1.82, 2.24) is 16.0 Å². The largest absolute Gasteiger partial charge is 0.350 e. The van der Waals surface area contributed by atoms with Gasteiger partial charge in [-0.3, -0.25) is 4.79 Å². The van der Waals surface area contributed by atoms with Gasteiger partial charge >= 0.3 is 6.03 Å². The number of nitrogens with one attached hydrogen (secondary N) is 3. The van der Waals surface area contributed by atoms with Crippen molar-refractivity contribution in [2.45, 2.75) is 25.4 Å². The van der Waals surface area contributed by atoms with Crippen molar-refractivity contribution in [3.63, 3.8) is 0 Å². The highest BCUT2D eigenvalue weighted by atomic mass is 35.5. The summed E-state index contributed by atoms with van der Waals surface area (Å²) in [4.78, 5) is 22.8. The van der Waals surface area contributed by atoms with Crippen molar-refractivity contribution in [3.8, 4) is 0 Å². The zero-order valence-electron chi connectivity index (χ0n) is 10.4. The molecule has 0 atom stereocenters. The molecule has 0 radical (unpaired) electrons. The molecule has 0 heterocycles. The van der Waals surface area contributed by atoms with Gasteiger partial charge in [-0.25, -0.2) is 4.79 Å². The Kier molecular flexibility index (Phi) is 4.63. The van der Waals surface area contributed by atoms with Crippen molar-refractivity contribution in [3.05, 3.63) is 34.9 Å². The Labute approximate surface area is 116 Å². The van der Waals surface area contributed by atoms with E-state index in [1.807, 2.05) is 12.1 Å². The maximum atomic E-state index is 11.5. The lowest BCUT2D eigenvalue weighted by Gasteiger charge is -2.08. The number of benzene rings is 1. The molecule has 0 bridgehead atoms. The summed E-state index contributed by atoms with van der Waals surface area (Å²) >= 11 is 5.76. The van der Waals surface area contributed by atoms with E-state index in [1.54, 1.807) is 12.1 Å². The minimum Gasteiger partial charge on any atom is -0.350 e. The highest BCUT2D eigenvalue weighted by Crippen LogP contribution is 2.18. The van der Waals surface area contributed by atoms with E-state index >= 15 is 0 Å². The topological polar surface area (TPSA) is 70.2 Å². The number of urea groups is 1. The summed E-state index contributed by atoms with van der Waals surface area (Å²) in [5.74, 6) is -0.221. The van der Waals surface area contributed by atoms with E-state index in [4.69, 9.17) is 11.6 Å². The van der Waals surface area contributed by atoms with Gasteiger partial charge in [0.2, 0.25) is 5.91 Å². The molecule has 6 heteroatoms. The summed E-state index contributed by atoms with van der Waals surface area (Å²) in [6.45, 7) is 0.397. The molecule has 0 aliphatic heterocycles. The molecule has 5 nitrogen and oxygen atoms in total. The zero-order valence-corrected chi connectivity index (χ0v) is 11.2. The van der Waals surface area contributed by atoms with E-state index in [-0.39, 0.29) is 24.5 Å². The van der Waals surface area contributed by atoms with Crippen molar-refractivity contribution < 1.29 is 9.59 Å². The van der Waals surface area contributed by atoms with Gasteiger partial charge < -0.3 is 16.0 Å². The Hall–Kier alpha value is -1.75. The maximum Gasteiger partial charge on any atom is 0.315 e. The number of carbonyl (C=O) groups is 2. The minimum atomic E-state index is -0.288. The molecule has 1 aromatic carbocycles. The lowest BCUT2D eigenvalue weighted by Crippen LogP contribution is -2.42. The van der Waals surface area contributed by atoms with Crippen LogP contribution in [0, 0.1) is 0 Å². The molecule has 3 N–H and O–H groups in total. The highest BCUT2D eigenvalue weighted by Gasteiger charge is 2.23. The van der Waals surface area contributed by atoms with Gasteiger partial charge in [0.1, 0.15) is 0 Å². The standard InChI is InChI=1S/C13H16ClN3O2/c14-10-3-1-9(2-4-10)7-15-12(18)8-16-13(19)17-11-5-6-11/h1-4,11H,5-8H2,(H,15,18)(H2,16,17,19). The van der Waals surface area contributed by atoms with Crippen LogP contribution in [0.2, 0.25) is 5.02 Å². The summed E-state index contributed by atoms with van der Waals surface area (Å²) in [5, 5.41) is 8.64. The third kappa shape index (κ3) is 5.18. The number of hydrogen-bond donors (Lipinski definition) is 3. The SMILES string of the molecule is O=C(CNC(=O)NC1CC1)NCc1ccc(Cl)cc1. The first-order valence-corrected chi connectivity index (χ1v) is 6.57. The van der Waals surface area contributed by atoms with E-state index in [2.05, 4.69) is 16.0 Å². The average Bonchev–Trinajstić information content (AvgIpc) is 3.19. The normalized spacial score (nSPS) is 13.7. The smallest absolute Gasteiger partial charge is 0.315 e. The number of amides is 3. The van der Waals surface area contributed by atoms with Gasteiger partial charge in [-0.15, -0.1) is 0 Å². The average molecular weight is 282 g/mol. The molecule has 1 aromatic rings. The molecule has 0 unspecified atom stereocenters. The molecule has 1 aliphatic carbocycles. The predicted octanol–water partition coefficient (Wildman–Crippen LogP) is 1.42. The second-order valence-corrected chi connectivity index (χ2v) is 4.94. The Bertz CT molecular complexity index is 457. The van der Waals surface area contributed by atoms with Gasteiger partial charge in [0.25, 0.3) is 0 Å². The van der Waals surface area contributed by atoms with Crippen molar-refractivity contribution in [2.24, 2.45) is 0 Å². The van der Waals surface area contributed by atoms with Crippen molar-refractivity contribution >= 4 is 23.5 Å². The zero-order chi connectivity index (χ0) is 13.7. The molecule has 1 fully saturated rings. The van der Waals surface area contributed by atoms with E-state index < -0.39 is 0 Å². The molecule has 0 saturated heterocycles. The van der Waals surface area contributed by atoms with Gasteiger partial charge in [-0.2, -0.15) is 0 Å². The van der Waals surface area contributed by atoms with Crippen LogP contribution < -0.4 is 16.0 Å². The summed E-state index contributed by atoms with van der Waals surface area (Å²) in [7, 11) is 0. The summed E-state index contributed by atoms with van der Waals surface area (Å²) in [6.07, 6.45) is 2.05. The lowest BCUT2D eigenvalue weighted by atomic mass is 10.2. The fourth-order valence-electron chi connectivity index (χ4n) is 1.49. The molecule has 102 valence electrons. The number of halogens is 1. The number of hydrogen-bond acceptors (Lipinski definition) is 2. The van der Waals surface area contributed by atoms with Crippen LogP contribution >= 0.6 is 11.6 Å². The van der Waals surface area contributed by atoms with E-state index in [1.165, 1.54) is 0 Å². The van der Waals surface area contributed by atoms with Gasteiger partial charge in [0.05, 0.1) is 6.54 Å². The minimum absolute atomic E-state index is 0.0217. The lowest BCUT2D eigenvalue weighted by molar-refractivity contribution is -0.120. The van der Waals surface area contributed by atoms with Gasteiger partial charge in [0, 0.05) is 17.6 Å². The quantitative estimate of drug-likeness (QED) is 0.764. The predicted molar refractivity (Wildman–Crippen MR) is 72.9 cm³/mol. The third-order valence-corrected chi connectivity index (χ3v) is 2.98. The van der Waals surface area contributed by atoms with Crippen LogP contribution in [0.15, 0.2) is 24.3 Å². The summed E-state index contributed by atoms with van der Waals surface area (Å²) in [6, 6.07) is 7.22. The Morgan fingerprint density at radius 3 is 2.47 bits per heavy atom. The Morgan fingerprint density at radius 1 is 1.16 bits per heavy atom. The van der Waals surface area contributed by atoms with Crippen LogP contribution in [0.5, 0.6) is 0 Å². The molecule has 0 spiro atoms. The van der Waals surface area contributed by atoms with E-state index in [0.29, 0.717) is 11.6 Å². The summed E-state index contributed by atoms with van der Waals surface area (Å²) in [5.41, 5.74) is 0.959. The van der Waals surface area contributed by atoms with E-state index in [0.717, 1.165) is 18.4 Å². The van der Waals surface area contributed by atoms with Crippen LogP contribution in [0.1, 0.15) is 18.4 Å². The maximum absolute atomic E-state index is 11.5. The first kappa shape index (κ1) is 13.7. The van der Waals surface area contributed by atoms with Crippen LogP contribution in [0.25, 0.3) is 0 Å². The summed E-state index contributed by atoms with van der Waals surface area (Å²) < 4.78 is 0. The first-order valence-electron chi connectivity index (χ1n) is 6.19. The molecule has 2 rings (SSSR count). The van der Waals surface area contributed by atoms with Crippen LogP contribution in [0.4, 0.5) is 4.79 Å². The molecular formula is C13H16ClN3O2. The highest BCUT2D eigenvalue weighted by molar-refractivity contribution is 6.30. The second kappa shape index (κ2) is 6.43. The molecule has 1 aliphatic rings. The van der Waals surface area contributed by atoms with Gasteiger partial charge in [0.15, 0.2) is 0 Å². The molecular weight excluding hydrogens is 266 g/mol. The fourth-order valence-corrected chi connectivity index (χ4v) is 1.62. The van der Waals surface area contributed by atoms with Crippen molar-refractivity contribution in [1.29, 1.82) is 0 Å². The molecule has 3 amide bonds. The van der Waals surface area contributed by atoms with E-state index in [9.17, 15) is 9.59 Å². The number of rotatable bonds is 5. The van der Waals surface area contributed by atoms with Crippen molar-refractivity contribution in [2.75, 3.05) is 6.54 Å². The molecule has 0 aromatic heterocycles. The molecule has 19 heavy (non-hydrogen) atoms. The second-order valence-electron chi connectivity index (χ2n) is 4.50. The van der Waals surface area contributed by atoms with Gasteiger partial charge in [-0.05, 0) is 30.5 Å². The fraction of sp³-hybridized carbons (Fsp3) is 0.385. The molecule has 1 saturated carbocycles. The Balaban J connectivity index is 1.63. The monoisotopic (exact) mass is 281 g/mol. The third-order valence-electron chi connectivity index (χ3n) is 2.73.